The van der Waals surface area contributed by atoms with Gasteiger partial charge < -0.3 is 4.90 Å². The molecule has 0 aromatic heterocycles. The Morgan fingerprint density at radius 1 is 1.32 bits per heavy atom. The number of hydrazine groups is 1. The van der Waals surface area contributed by atoms with Crippen LogP contribution in [0.1, 0.15) is 17.9 Å². The minimum Gasteiger partial charge on any atom is -0.301 e. The van der Waals surface area contributed by atoms with Crippen LogP contribution in [0.2, 0.25) is 0 Å². The molecule has 1 amide bonds. The molecule has 4 nitrogen and oxygen atoms in total. The molecule has 0 spiro atoms. The van der Waals surface area contributed by atoms with Crippen LogP contribution in [0.3, 0.4) is 0 Å². The lowest BCUT2D eigenvalue weighted by atomic mass is 9.97. The van der Waals surface area contributed by atoms with Gasteiger partial charge in [-0.05, 0) is 24.3 Å². The first-order valence-electron chi connectivity index (χ1n) is 6.67. The van der Waals surface area contributed by atoms with Crippen LogP contribution >= 0.6 is 11.8 Å². The summed E-state index contributed by atoms with van der Waals surface area (Å²) in [4.78, 5) is 14.4. The zero-order chi connectivity index (χ0) is 13.5. The fraction of sp³-hybridized carbons (Fsp3) is 0.500. The van der Waals surface area contributed by atoms with Crippen LogP contribution in [0.5, 0.6) is 0 Å². The van der Waals surface area contributed by atoms with Gasteiger partial charge in [-0.15, -0.1) is 0 Å². The summed E-state index contributed by atoms with van der Waals surface area (Å²) in [6.45, 7) is 2.85. The Balaban J connectivity index is 2.07. The van der Waals surface area contributed by atoms with Gasteiger partial charge in [0.25, 0.3) is 0 Å². The first kappa shape index (κ1) is 14.4. The van der Waals surface area contributed by atoms with Crippen LogP contribution in [0.25, 0.3) is 0 Å². The van der Waals surface area contributed by atoms with Crippen molar-refractivity contribution < 1.29 is 4.79 Å². The highest BCUT2D eigenvalue weighted by Crippen LogP contribution is 2.19. The molecule has 1 unspecified atom stereocenters. The van der Waals surface area contributed by atoms with E-state index >= 15 is 0 Å². The molecule has 2 rings (SSSR count). The summed E-state index contributed by atoms with van der Waals surface area (Å²) in [5, 5.41) is 0. The Kier molecular flexibility index (Phi) is 5.69. The average molecular weight is 279 g/mol. The minimum atomic E-state index is -0.186. The number of carbonyl (C=O) groups is 1. The SMILES string of the molecule is NNC(=O)C(CN1CCCSCC1)c1ccccc1. The molecule has 1 saturated heterocycles. The number of hydrogen-bond acceptors (Lipinski definition) is 4. The molecule has 1 aliphatic rings. The Hall–Kier alpha value is -1.04. The van der Waals surface area contributed by atoms with Crippen molar-refractivity contribution in [2.75, 3.05) is 31.1 Å². The Labute approximate surface area is 118 Å². The molecule has 3 N–H and O–H groups in total. The minimum absolute atomic E-state index is 0.108. The van der Waals surface area contributed by atoms with Gasteiger partial charge in [0.15, 0.2) is 0 Å². The van der Waals surface area contributed by atoms with Gasteiger partial charge in [-0.3, -0.25) is 10.2 Å². The number of carbonyl (C=O) groups excluding carboxylic acids is 1. The van der Waals surface area contributed by atoms with E-state index in [1.54, 1.807) is 0 Å². The summed E-state index contributed by atoms with van der Waals surface area (Å²) in [5.41, 5.74) is 3.33. The van der Waals surface area contributed by atoms with E-state index in [9.17, 15) is 4.79 Å². The molecule has 0 saturated carbocycles. The molecule has 1 atom stereocenters. The number of benzene rings is 1. The molecule has 19 heavy (non-hydrogen) atoms. The average Bonchev–Trinajstić information content (AvgIpc) is 2.73. The fourth-order valence-corrected chi connectivity index (χ4v) is 3.29. The van der Waals surface area contributed by atoms with Crippen LogP contribution in [0.4, 0.5) is 0 Å². The van der Waals surface area contributed by atoms with Gasteiger partial charge in [-0.1, -0.05) is 30.3 Å². The molecule has 1 fully saturated rings. The predicted molar refractivity (Wildman–Crippen MR) is 79.9 cm³/mol. The van der Waals surface area contributed by atoms with E-state index in [0.717, 1.165) is 31.0 Å². The zero-order valence-corrected chi connectivity index (χ0v) is 11.9. The van der Waals surface area contributed by atoms with E-state index < -0.39 is 0 Å². The van der Waals surface area contributed by atoms with Crippen molar-refractivity contribution in [3.05, 3.63) is 35.9 Å². The highest BCUT2D eigenvalue weighted by atomic mass is 32.2. The number of amides is 1. The van der Waals surface area contributed by atoms with Gasteiger partial charge >= 0.3 is 0 Å². The third kappa shape index (κ3) is 4.23. The zero-order valence-electron chi connectivity index (χ0n) is 11.0. The lowest BCUT2D eigenvalue weighted by Crippen LogP contribution is -2.41. The van der Waals surface area contributed by atoms with Gasteiger partial charge in [0, 0.05) is 18.8 Å². The maximum atomic E-state index is 12.0. The number of thioether (sulfide) groups is 1. The van der Waals surface area contributed by atoms with Gasteiger partial charge in [0.05, 0.1) is 5.92 Å². The summed E-state index contributed by atoms with van der Waals surface area (Å²) in [5.74, 6) is 7.39. The summed E-state index contributed by atoms with van der Waals surface area (Å²) < 4.78 is 0. The molecule has 1 aromatic rings. The van der Waals surface area contributed by atoms with Crippen molar-refractivity contribution >= 4 is 17.7 Å². The first-order chi connectivity index (χ1) is 9.31. The second-order valence-corrected chi connectivity index (χ2v) is 5.96. The van der Waals surface area contributed by atoms with Crippen molar-refractivity contribution in [2.24, 2.45) is 5.84 Å². The normalized spacial score (nSPS) is 18.6. The molecule has 104 valence electrons. The van der Waals surface area contributed by atoms with Crippen molar-refractivity contribution in [2.45, 2.75) is 12.3 Å². The highest BCUT2D eigenvalue weighted by molar-refractivity contribution is 7.99. The van der Waals surface area contributed by atoms with Gasteiger partial charge in [0.1, 0.15) is 0 Å². The third-order valence-corrected chi connectivity index (χ3v) is 4.46. The largest absolute Gasteiger partial charge is 0.301 e. The molecular formula is C14H21N3OS. The molecule has 5 heteroatoms. The second-order valence-electron chi connectivity index (χ2n) is 4.74. The van der Waals surface area contributed by atoms with E-state index in [1.807, 2.05) is 42.1 Å². The van der Waals surface area contributed by atoms with E-state index in [2.05, 4.69) is 10.3 Å². The number of nitrogens with one attached hydrogen (secondary N) is 1. The van der Waals surface area contributed by atoms with Crippen LogP contribution < -0.4 is 11.3 Å². The summed E-state index contributed by atoms with van der Waals surface area (Å²) >= 11 is 1.99. The van der Waals surface area contributed by atoms with E-state index in [0.29, 0.717) is 0 Å². The lowest BCUT2D eigenvalue weighted by Gasteiger charge is -2.25. The Morgan fingerprint density at radius 3 is 2.84 bits per heavy atom. The Morgan fingerprint density at radius 2 is 2.11 bits per heavy atom. The maximum Gasteiger partial charge on any atom is 0.242 e. The molecule has 1 heterocycles. The topological polar surface area (TPSA) is 58.4 Å². The fourth-order valence-electron chi connectivity index (χ4n) is 2.36. The molecule has 0 radical (unpaired) electrons. The lowest BCUT2D eigenvalue weighted by molar-refractivity contribution is -0.123. The van der Waals surface area contributed by atoms with Crippen molar-refractivity contribution in [3.8, 4) is 0 Å². The van der Waals surface area contributed by atoms with Crippen LogP contribution in [0, 0.1) is 0 Å². The van der Waals surface area contributed by atoms with Crippen LogP contribution in [0.15, 0.2) is 30.3 Å². The smallest absolute Gasteiger partial charge is 0.242 e. The second kappa shape index (κ2) is 7.53. The molecule has 1 aliphatic heterocycles. The Bertz CT molecular complexity index is 391. The van der Waals surface area contributed by atoms with Crippen LogP contribution in [-0.2, 0) is 4.79 Å². The van der Waals surface area contributed by atoms with Crippen molar-refractivity contribution in [1.82, 2.24) is 10.3 Å². The molecule has 0 bridgehead atoms. The predicted octanol–water partition coefficient (Wildman–Crippen LogP) is 1.20. The number of rotatable bonds is 4. The van der Waals surface area contributed by atoms with Gasteiger partial charge in [-0.2, -0.15) is 11.8 Å². The summed E-state index contributed by atoms with van der Waals surface area (Å²) in [7, 11) is 0. The van der Waals surface area contributed by atoms with E-state index in [1.165, 1.54) is 12.2 Å². The monoisotopic (exact) mass is 279 g/mol. The van der Waals surface area contributed by atoms with Gasteiger partial charge in [-0.25, -0.2) is 5.84 Å². The number of hydrogen-bond donors (Lipinski definition) is 2. The van der Waals surface area contributed by atoms with Crippen molar-refractivity contribution in [3.63, 3.8) is 0 Å². The molecule has 0 aliphatic carbocycles. The number of nitrogens with zero attached hydrogens (tertiary/aromatic N) is 1. The summed E-state index contributed by atoms with van der Waals surface area (Å²) in [6, 6.07) is 9.87. The van der Waals surface area contributed by atoms with E-state index in [-0.39, 0.29) is 11.8 Å². The van der Waals surface area contributed by atoms with Gasteiger partial charge in [0.2, 0.25) is 5.91 Å². The highest BCUT2D eigenvalue weighted by Gasteiger charge is 2.23. The quantitative estimate of drug-likeness (QED) is 0.494. The molecule has 1 aromatic carbocycles. The standard InChI is InChI=1S/C14H21N3OS/c15-16-14(18)13(12-5-2-1-3-6-12)11-17-7-4-9-19-10-8-17/h1-3,5-6,13H,4,7-11,15H2,(H,16,18). The molecular weight excluding hydrogens is 258 g/mol. The number of nitrogens with two attached hydrogens (primary N) is 1. The van der Waals surface area contributed by atoms with E-state index in [4.69, 9.17) is 5.84 Å². The third-order valence-electron chi connectivity index (χ3n) is 3.42. The first-order valence-corrected chi connectivity index (χ1v) is 7.82. The maximum absolute atomic E-state index is 12.0. The van der Waals surface area contributed by atoms with Crippen LogP contribution in [-0.4, -0.2) is 41.9 Å². The van der Waals surface area contributed by atoms with Crippen molar-refractivity contribution in [1.29, 1.82) is 0 Å². The summed E-state index contributed by atoms with van der Waals surface area (Å²) in [6.07, 6.45) is 1.19.